The standard InChI is InChI=1S/C18H24N2O4/c1-13(11-16(21)22)12-19-17(23)14-7-9-20(10-8-14)18(24)15-5-3-2-4-6-15/h2-6,13-14H,7-12H2,1H3,(H,19,23)(H,21,22). The van der Waals surface area contributed by atoms with E-state index in [1.54, 1.807) is 24.0 Å². The SMILES string of the molecule is CC(CNC(=O)C1CCN(C(=O)c2ccccc2)CC1)CC(=O)O. The molecular formula is C18H24N2O4. The number of carbonyl (C=O) groups excluding carboxylic acids is 2. The van der Waals surface area contributed by atoms with Gasteiger partial charge in [0.1, 0.15) is 0 Å². The van der Waals surface area contributed by atoms with Crippen molar-refractivity contribution < 1.29 is 19.5 Å². The Labute approximate surface area is 141 Å². The molecule has 2 rings (SSSR count). The van der Waals surface area contributed by atoms with E-state index in [1.807, 2.05) is 18.2 Å². The summed E-state index contributed by atoms with van der Waals surface area (Å²) in [5.74, 6) is -1.10. The van der Waals surface area contributed by atoms with E-state index in [2.05, 4.69) is 5.32 Å². The number of carboxylic acids is 1. The zero-order valence-corrected chi connectivity index (χ0v) is 13.9. The van der Waals surface area contributed by atoms with Crippen LogP contribution in [0.1, 0.15) is 36.5 Å². The van der Waals surface area contributed by atoms with Gasteiger partial charge >= 0.3 is 5.97 Å². The number of aliphatic carboxylic acids is 1. The fourth-order valence-corrected chi connectivity index (χ4v) is 2.90. The number of piperidine rings is 1. The molecule has 0 aliphatic carbocycles. The van der Waals surface area contributed by atoms with E-state index >= 15 is 0 Å². The largest absolute Gasteiger partial charge is 0.481 e. The van der Waals surface area contributed by atoms with Gasteiger partial charge in [0.25, 0.3) is 5.91 Å². The lowest BCUT2D eigenvalue weighted by atomic mass is 9.95. The summed E-state index contributed by atoms with van der Waals surface area (Å²) < 4.78 is 0. The second-order valence-electron chi connectivity index (χ2n) is 6.38. The molecule has 2 amide bonds. The fraction of sp³-hybridized carbons (Fsp3) is 0.500. The van der Waals surface area contributed by atoms with Crippen LogP contribution >= 0.6 is 0 Å². The van der Waals surface area contributed by atoms with Crippen LogP contribution in [-0.2, 0) is 9.59 Å². The maximum Gasteiger partial charge on any atom is 0.303 e. The molecule has 0 aromatic heterocycles. The molecule has 1 aliphatic rings. The number of carbonyl (C=O) groups is 3. The molecule has 1 aromatic rings. The first-order chi connectivity index (χ1) is 11.5. The number of hydrogen-bond donors (Lipinski definition) is 2. The summed E-state index contributed by atoms with van der Waals surface area (Å²) in [7, 11) is 0. The summed E-state index contributed by atoms with van der Waals surface area (Å²) in [6, 6.07) is 9.14. The monoisotopic (exact) mass is 332 g/mol. The zero-order valence-electron chi connectivity index (χ0n) is 13.9. The van der Waals surface area contributed by atoms with Crippen LogP contribution in [0.2, 0.25) is 0 Å². The van der Waals surface area contributed by atoms with Crippen LogP contribution in [0.25, 0.3) is 0 Å². The second-order valence-corrected chi connectivity index (χ2v) is 6.38. The summed E-state index contributed by atoms with van der Waals surface area (Å²) in [5, 5.41) is 11.6. The molecule has 0 spiro atoms. The minimum absolute atomic E-state index is 0.00420. The van der Waals surface area contributed by atoms with Gasteiger partial charge < -0.3 is 15.3 Å². The molecule has 1 unspecified atom stereocenters. The summed E-state index contributed by atoms with van der Waals surface area (Å²) in [4.78, 5) is 36.9. The van der Waals surface area contributed by atoms with Crippen molar-refractivity contribution in [2.45, 2.75) is 26.2 Å². The Morgan fingerprint density at radius 2 is 1.83 bits per heavy atom. The van der Waals surface area contributed by atoms with Crippen molar-refractivity contribution in [2.75, 3.05) is 19.6 Å². The molecule has 0 bridgehead atoms. The number of rotatable bonds is 6. The average Bonchev–Trinajstić information content (AvgIpc) is 2.59. The van der Waals surface area contributed by atoms with E-state index in [1.165, 1.54) is 0 Å². The lowest BCUT2D eigenvalue weighted by molar-refractivity contribution is -0.138. The molecule has 24 heavy (non-hydrogen) atoms. The second kappa shape index (κ2) is 8.47. The molecule has 1 saturated heterocycles. The summed E-state index contributed by atoms with van der Waals surface area (Å²) in [6.07, 6.45) is 1.32. The first kappa shape index (κ1) is 18.0. The van der Waals surface area contributed by atoms with Gasteiger partial charge in [-0.2, -0.15) is 0 Å². The van der Waals surface area contributed by atoms with Crippen molar-refractivity contribution in [1.29, 1.82) is 0 Å². The van der Waals surface area contributed by atoms with Crippen LogP contribution in [0.15, 0.2) is 30.3 Å². The highest BCUT2D eigenvalue weighted by Gasteiger charge is 2.27. The van der Waals surface area contributed by atoms with E-state index < -0.39 is 5.97 Å². The Balaban J connectivity index is 1.77. The molecule has 130 valence electrons. The van der Waals surface area contributed by atoms with Crippen molar-refractivity contribution >= 4 is 17.8 Å². The molecule has 6 heteroatoms. The van der Waals surface area contributed by atoms with Gasteiger partial charge in [-0.25, -0.2) is 0 Å². The Hall–Kier alpha value is -2.37. The lowest BCUT2D eigenvalue weighted by Crippen LogP contribution is -2.43. The molecular weight excluding hydrogens is 308 g/mol. The Morgan fingerprint density at radius 1 is 1.21 bits per heavy atom. The number of carboxylic acid groups (broad SMARTS) is 1. The highest BCUT2D eigenvalue weighted by molar-refractivity contribution is 5.94. The zero-order chi connectivity index (χ0) is 17.5. The normalized spacial score (nSPS) is 16.5. The van der Waals surface area contributed by atoms with Gasteiger partial charge in [-0.1, -0.05) is 25.1 Å². The molecule has 1 aromatic carbocycles. The highest BCUT2D eigenvalue weighted by atomic mass is 16.4. The maximum absolute atomic E-state index is 12.4. The highest BCUT2D eigenvalue weighted by Crippen LogP contribution is 2.19. The topological polar surface area (TPSA) is 86.7 Å². The summed E-state index contributed by atoms with van der Waals surface area (Å²) in [6.45, 7) is 3.30. The number of hydrogen-bond acceptors (Lipinski definition) is 3. The smallest absolute Gasteiger partial charge is 0.303 e. The molecule has 0 radical (unpaired) electrons. The van der Waals surface area contributed by atoms with Crippen LogP contribution in [0, 0.1) is 11.8 Å². The van der Waals surface area contributed by atoms with Crippen LogP contribution < -0.4 is 5.32 Å². The van der Waals surface area contributed by atoms with Crippen LogP contribution in [0.5, 0.6) is 0 Å². The van der Waals surface area contributed by atoms with Gasteiger partial charge in [-0.15, -0.1) is 0 Å². The van der Waals surface area contributed by atoms with Crippen molar-refractivity contribution in [2.24, 2.45) is 11.8 Å². The number of nitrogens with one attached hydrogen (secondary N) is 1. The van der Waals surface area contributed by atoms with E-state index in [4.69, 9.17) is 5.11 Å². The van der Waals surface area contributed by atoms with Gasteiger partial charge in [-0.3, -0.25) is 14.4 Å². The predicted octanol–water partition coefficient (Wildman–Crippen LogP) is 1.77. The van der Waals surface area contributed by atoms with Crippen molar-refractivity contribution in [3.8, 4) is 0 Å². The van der Waals surface area contributed by atoms with Gasteiger partial charge in [0, 0.05) is 37.5 Å². The molecule has 0 saturated carbocycles. The number of likely N-dealkylation sites (tertiary alicyclic amines) is 1. The Morgan fingerprint density at radius 3 is 2.42 bits per heavy atom. The quantitative estimate of drug-likeness (QED) is 0.831. The minimum atomic E-state index is -0.857. The van der Waals surface area contributed by atoms with E-state index in [9.17, 15) is 14.4 Å². The number of benzene rings is 1. The first-order valence-corrected chi connectivity index (χ1v) is 8.31. The molecule has 1 fully saturated rings. The van der Waals surface area contributed by atoms with Crippen LogP contribution in [0.4, 0.5) is 0 Å². The average molecular weight is 332 g/mol. The van der Waals surface area contributed by atoms with E-state index in [0.29, 0.717) is 38.0 Å². The molecule has 2 N–H and O–H groups in total. The first-order valence-electron chi connectivity index (χ1n) is 8.31. The van der Waals surface area contributed by atoms with Crippen molar-refractivity contribution in [3.05, 3.63) is 35.9 Å². The fourth-order valence-electron chi connectivity index (χ4n) is 2.90. The van der Waals surface area contributed by atoms with Gasteiger partial charge in [0.15, 0.2) is 0 Å². The molecule has 1 heterocycles. The van der Waals surface area contributed by atoms with Crippen LogP contribution in [0.3, 0.4) is 0 Å². The molecule has 6 nitrogen and oxygen atoms in total. The Kier molecular flexibility index (Phi) is 6.35. The summed E-state index contributed by atoms with van der Waals surface area (Å²) >= 11 is 0. The number of nitrogens with zero attached hydrogens (tertiary/aromatic N) is 1. The predicted molar refractivity (Wildman–Crippen MR) is 89.5 cm³/mol. The molecule has 1 aliphatic heterocycles. The third-order valence-corrected chi connectivity index (χ3v) is 4.32. The third-order valence-electron chi connectivity index (χ3n) is 4.32. The minimum Gasteiger partial charge on any atom is -0.481 e. The van der Waals surface area contributed by atoms with Gasteiger partial charge in [0.2, 0.25) is 5.91 Å². The van der Waals surface area contributed by atoms with Crippen LogP contribution in [-0.4, -0.2) is 47.4 Å². The van der Waals surface area contributed by atoms with Gasteiger partial charge in [-0.05, 0) is 30.9 Å². The van der Waals surface area contributed by atoms with E-state index in [0.717, 1.165) is 0 Å². The van der Waals surface area contributed by atoms with Crippen molar-refractivity contribution in [3.63, 3.8) is 0 Å². The Bertz CT molecular complexity index is 580. The van der Waals surface area contributed by atoms with Crippen molar-refractivity contribution in [1.82, 2.24) is 10.2 Å². The summed E-state index contributed by atoms with van der Waals surface area (Å²) in [5.41, 5.74) is 0.669. The maximum atomic E-state index is 12.4. The third kappa shape index (κ3) is 5.08. The van der Waals surface area contributed by atoms with Gasteiger partial charge in [0.05, 0.1) is 0 Å². The molecule has 1 atom stereocenters. The number of amides is 2. The van der Waals surface area contributed by atoms with E-state index in [-0.39, 0.29) is 30.1 Å². The lowest BCUT2D eigenvalue weighted by Gasteiger charge is -2.31.